The van der Waals surface area contributed by atoms with E-state index in [0.717, 1.165) is 5.56 Å². The highest BCUT2D eigenvalue weighted by molar-refractivity contribution is 7.85. The summed E-state index contributed by atoms with van der Waals surface area (Å²) in [6.45, 7) is 3.75. The number of hydrogen-bond donors (Lipinski definition) is 0. The summed E-state index contributed by atoms with van der Waals surface area (Å²) in [4.78, 5) is 23.3. The van der Waals surface area contributed by atoms with Crippen LogP contribution in [0.15, 0.2) is 29.2 Å². The topological polar surface area (TPSA) is 60.4 Å². The number of aryl methyl sites for hydroxylation is 1. The molecular weight excluding hydrogens is 252 g/mol. The van der Waals surface area contributed by atoms with Crippen LogP contribution in [-0.4, -0.2) is 28.3 Å². The summed E-state index contributed by atoms with van der Waals surface area (Å²) in [7, 11) is -1.40. The highest BCUT2D eigenvalue weighted by atomic mass is 32.2. The molecule has 1 unspecified atom stereocenters. The first-order valence-electron chi connectivity index (χ1n) is 5.66. The molecule has 0 bridgehead atoms. The molecule has 4 nitrogen and oxygen atoms in total. The molecule has 98 valence electrons. The Kier molecular flexibility index (Phi) is 5.71. The first kappa shape index (κ1) is 14.6. The van der Waals surface area contributed by atoms with Crippen LogP contribution in [0, 0.1) is 6.92 Å². The van der Waals surface area contributed by atoms with Crippen LogP contribution >= 0.6 is 0 Å². The minimum Gasteiger partial charge on any atom is -0.466 e. The summed E-state index contributed by atoms with van der Waals surface area (Å²) in [5.41, 5.74) is 0.875. The van der Waals surface area contributed by atoms with Gasteiger partial charge in [-0.05, 0) is 25.5 Å². The molecule has 1 aromatic carbocycles. The largest absolute Gasteiger partial charge is 0.466 e. The van der Waals surface area contributed by atoms with Gasteiger partial charge >= 0.3 is 5.97 Å². The summed E-state index contributed by atoms with van der Waals surface area (Å²) in [6, 6.07) is 7.18. The molecule has 0 spiro atoms. The number of ether oxygens (including phenoxy) is 1. The maximum atomic E-state index is 12.0. The van der Waals surface area contributed by atoms with E-state index >= 15 is 0 Å². The molecule has 1 aromatic rings. The second kappa shape index (κ2) is 7.06. The maximum Gasteiger partial charge on any atom is 0.313 e. The van der Waals surface area contributed by atoms with Gasteiger partial charge in [-0.15, -0.1) is 0 Å². The minimum atomic E-state index is -1.40. The van der Waals surface area contributed by atoms with E-state index in [1.807, 2.05) is 19.1 Å². The summed E-state index contributed by atoms with van der Waals surface area (Å²) < 4.78 is 16.6. The molecule has 1 rings (SSSR count). The van der Waals surface area contributed by atoms with Gasteiger partial charge in [0.1, 0.15) is 6.42 Å². The Morgan fingerprint density at radius 1 is 1.28 bits per heavy atom. The number of carbonyl (C=O) groups is 2. The molecule has 0 saturated carbocycles. The lowest BCUT2D eigenvalue weighted by atomic mass is 10.2. The van der Waals surface area contributed by atoms with E-state index in [0.29, 0.717) is 4.90 Å². The Morgan fingerprint density at radius 3 is 2.56 bits per heavy atom. The number of rotatable bonds is 6. The van der Waals surface area contributed by atoms with Gasteiger partial charge in [0.25, 0.3) is 0 Å². The quantitative estimate of drug-likeness (QED) is 0.581. The van der Waals surface area contributed by atoms with E-state index in [2.05, 4.69) is 4.74 Å². The number of carbonyl (C=O) groups excluding carboxylic acids is 2. The SMILES string of the molecule is CCOC(=O)CC(=O)CS(=O)c1ccccc1C. The number of ketones is 1. The van der Waals surface area contributed by atoms with Gasteiger partial charge in [-0.2, -0.15) is 0 Å². The highest BCUT2D eigenvalue weighted by Gasteiger charge is 2.15. The molecule has 0 saturated heterocycles. The second-order valence-electron chi connectivity index (χ2n) is 3.78. The van der Waals surface area contributed by atoms with Crippen LogP contribution in [0.3, 0.4) is 0 Å². The van der Waals surface area contributed by atoms with Crippen molar-refractivity contribution in [1.82, 2.24) is 0 Å². The first-order valence-corrected chi connectivity index (χ1v) is 6.97. The fraction of sp³-hybridized carbons (Fsp3) is 0.385. The van der Waals surface area contributed by atoms with Crippen molar-refractivity contribution < 1.29 is 18.5 Å². The van der Waals surface area contributed by atoms with E-state index in [1.165, 1.54) is 0 Å². The van der Waals surface area contributed by atoms with Crippen molar-refractivity contribution in [3.8, 4) is 0 Å². The molecule has 0 heterocycles. The third-order valence-corrected chi connectivity index (χ3v) is 3.81. The zero-order valence-corrected chi connectivity index (χ0v) is 11.3. The van der Waals surface area contributed by atoms with Crippen molar-refractivity contribution >= 4 is 22.6 Å². The van der Waals surface area contributed by atoms with Gasteiger partial charge < -0.3 is 4.74 Å². The van der Waals surface area contributed by atoms with Gasteiger partial charge in [0, 0.05) is 4.90 Å². The number of Topliss-reactive ketones (excluding diaryl/α,β-unsaturated/α-hetero) is 1. The molecule has 0 aromatic heterocycles. The fourth-order valence-corrected chi connectivity index (χ4v) is 2.67. The van der Waals surface area contributed by atoms with Gasteiger partial charge in [0.2, 0.25) is 0 Å². The Morgan fingerprint density at radius 2 is 1.94 bits per heavy atom. The monoisotopic (exact) mass is 268 g/mol. The van der Waals surface area contributed by atoms with Crippen molar-refractivity contribution in [1.29, 1.82) is 0 Å². The van der Waals surface area contributed by atoms with Crippen molar-refractivity contribution in [3.63, 3.8) is 0 Å². The van der Waals surface area contributed by atoms with Gasteiger partial charge in [-0.25, -0.2) is 0 Å². The van der Waals surface area contributed by atoms with Gasteiger partial charge in [0.15, 0.2) is 5.78 Å². The minimum absolute atomic E-state index is 0.149. The van der Waals surface area contributed by atoms with Crippen LogP contribution in [0.1, 0.15) is 18.9 Å². The van der Waals surface area contributed by atoms with Crippen molar-refractivity contribution in [2.75, 3.05) is 12.4 Å². The molecular formula is C13H16O4S. The molecule has 0 N–H and O–H groups in total. The smallest absolute Gasteiger partial charge is 0.313 e. The number of benzene rings is 1. The first-order chi connectivity index (χ1) is 8.54. The molecule has 18 heavy (non-hydrogen) atoms. The average Bonchev–Trinajstić information content (AvgIpc) is 2.29. The van der Waals surface area contributed by atoms with E-state index in [1.54, 1.807) is 19.1 Å². The van der Waals surface area contributed by atoms with Crippen LogP contribution < -0.4 is 0 Å². The van der Waals surface area contributed by atoms with Crippen molar-refractivity contribution in [3.05, 3.63) is 29.8 Å². The van der Waals surface area contributed by atoms with Gasteiger partial charge in [-0.1, -0.05) is 18.2 Å². The Hall–Kier alpha value is -1.49. The normalized spacial score (nSPS) is 11.9. The summed E-state index contributed by atoms with van der Waals surface area (Å²) >= 11 is 0. The summed E-state index contributed by atoms with van der Waals surface area (Å²) in [6.07, 6.45) is -0.314. The summed E-state index contributed by atoms with van der Waals surface area (Å²) in [5.74, 6) is -1.08. The lowest BCUT2D eigenvalue weighted by molar-refractivity contribution is -0.145. The molecule has 0 fully saturated rings. The van der Waals surface area contributed by atoms with Crippen molar-refractivity contribution in [2.24, 2.45) is 0 Å². The highest BCUT2D eigenvalue weighted by Crippen LogP contribution is 2.12. The molecule has 0 aliphatic rings. The summed E-state index contributed by atoms with van der Waals surface area (Å²) in [5, 5.41) is 0. The zero-order chi connectivity index (χ0) is 13.5. The van der Waals surface area contributed by atoms with Crippen LogP contribution in [0.25, 0.3) is 0 Å². The van der Waals surface area contributed by atoms with Crippen LogP contribution in [0.4, 0.5) is 0 Å². The average molecular weight is 268 g/mol. The fourth-order valence-electron chi connectivity index (χ4n) is 1.46. The molecule has 0 amide bonds. The Balaban J connectivity index is 2.58. The molecule has 5 heteroatoms. The van der Waals surface area contributed by atoms with E-state index in [4.69, 9.17) is 0 Å². The zero-order valence-electron chi connectivity index (χ0n) is 10.5. The predicted octanol–water partition coefficient (Wildman–Crippen LogP) is 1.62. The Labute approximate surface area is 109 Å². The van der Waals surface area contributed by atoms with Crippen LogP contribution in [0.5, 0.6) is 0 Å². The van der Waals surface area contributed by atoms with Crippen molar-refractivity contribution in [2.45, 2.75) is 25.2 Å². The standard InChI is InChI=1S/C13H16O4S/c1-3-17-13(15)8-11(14)9-18(16)12-7-5-4-6-10(12)2/h4-7H,3,8-9H2,1-2H3. The van der Waals surface area contributed by atoms with E-state index in [-0.39, 0.29) is 24.6 Å². The lowest BCUT2D eigenvalue weighted by Gasteiger charge is -2.05. The van der Waals surface area contributed by atoms with Crippen LogP contribution in [0.2, 0.25) is 0 Å². The Bertz CT molecular complexity index is 468. The van der Waals surface area contributed by atoms with E-state index < -0.39 is 16.8 Å². The van der Waals surface area contributed by atoms with E-state index in [9.17, 15) is 13.8 Å². The van der Waals surface area contributed by atoms with Gasteiger partial charge in [-0.3, -0.25) is 13.8 Å². The lowest BCUT2D eigenvalue weighted by Crippen LogP contribution is -2.17. The number of esters is 1. The number of hydrogen-bond acceptors (Lipinski definition) is 4. The molecule has 1 atom stereocenters. The second-order valence-corrected chi connectivity index (χ2v) is 5.20. The van der Waals surface area contributed by atoms with Crippen LogP contribution in [-0.2, 0) is 25.1 Å². The molecule has 0 radical (unpaired) electrons. The molecule has 0 aliphatic carbocycles. The molecule has 0 aliphatic heterocycles. The predicted molar refractivity (Wildman–Crippen MR) is 68.7 cm³/mol. The van der Waals surface area contributed by atoms with Gasteiger partial charge in [0.05, 0.1) is 23.2 Å². The third kappa shape index (κ3) is 4.41. The maximum absolute atomic E-state index is 12.0. The third-order valence-electron chi connectivity index (χ3n) is 2.28.